The molecule has 24 heavy (non-hydrogen) atoms. The van der Waals surface area contributed by atoms with Crippen LogP contribution in [0.2, 0.25) is 0 Å². The zero-order valence-corrected chi connectivity index (χ0v) is 14.2. The Balaban J connectivity index is 2.77. The first-order chi connectivity index (χ1) is 11.4. The molecule has 1 rings (SSSR count). The number of non-ortho nitro benzene ring substituents is 1. The number of esters is 1. The lowest BCUT2D eigenvalue weighted by atomic mass is 10.1. The highest BCUT2D eigenvalue weighted by atomic mass is 16.6. The van der Waals surface area contributed by atoms with Gasteiger partial charge in [-0.2, -0.15) is 0 Å². The van der Waals surface area contributed by atoms with Crippen LogP contribution in [0.1, 0.15) is 41.0 Å². The zero-order valence-electron chi connectivity index (χ0n) is 14.2. The fraction of sp³-hybridized carbons (Fsp3) is 0.500. The number of benzene rings is 1. The van der Waals surface area contributed by atoms with Crippen molar-refractivity contribution in [1.82, 2.24) is 10.2 Å². The number of amides is 1. The molecular formula is C16H23N3O5. The molecule has 1 N–H and O–H groups in total. The summed E-state index contributed by atoms with van der Waals surface area (Å²) < 4.78 is 4.56. The second-order valence-corrected chi connectivity index (χ2v) is 5.15. The van der Waals surface area contributed by atoms with E-state index in [1.807, 2.05) is 0 Å². The molecule has 1 aromatic carbocycles. The number of rotatable bonds is 9. The molecule has 0 radical (unpaired) electrons. The Hall–Kier alpha value is -2.48. The first kappa shape index (κ1) is 19.6. The summed E-state index contributed by atoms with van der Waals surface area (Å²) in [4.78, 5) is 36.3. The van der Waals surface area contributed by atoms with Crippen LogP contribution in [0.4, 0.5) is 5.69 Å². The number of nitrogens with zero attached hydrogens (tertiary/aromatic N) is 2. The van der Waals surface area contributed by atoms with Crippen LogP contribution in [0.5, 0.6) is 0 Å². The van der Waals surface area contributed by atoms with Crippen LogP contribution in [0.25, 0.3) is 0 Å². The molecule has 8 heteroatoms. The van der Waals surface area contributed by atoms with E-state index < -0.39 is 16.8 Å². The average molecular weight is 337 g/mol. The van der Waals surface area contributed by atoms with Crippen molar-refractivity contribution in [2.45, 2.75) is 20.3 Å². The lowest BCUT2D eigenvalue weighted by molar-refractivity contribution is -0.384. The van der Waals surface area contributed by atoms with Crippen molar-refractivity contribution in [3.63, 3.8) is 0 Å². The van der Waals surface area contributed by atoms with Crippen LogP contribution in [-0.2, 0) is 4.74 Å². The topological polar surface area (TPSA) is 102 Å². The predicted octanol–water partition coefficient (Wildman–Crippen LogP) is 1.84. The molecule has 0 saturated carbocycles. The minimum absolute atomic E-state index is 0.0278. The minimum atomic E-state index is -0.728. The van der Waals surface area contributed by atoms with E-state index in [2.05, 4.69) is 28.8 Å². The van der Waals surface area contributed by atoms with E-state index in [9.17, 15) is 19.7 Å². The van der Waals surface area contributed by atoms with Gasteiger partial charge in [0.1, 0.15) is 0 Å². The van der Waals surface area contributed by atoms with Crippen molar-refractivity contribution in [2.75, 3.05) is 33.3 Å². The van der Waals surface area contributed by atoms with Crippen LogP contribution in [-0.4, -0.2) is 55.0 Å². The molecule has 132 valence electrons. The third kappa shape index (κ3) is 5.62. The first-order valence-corrected chi connectivity index (χ1v) is 7.81. The van der Waals surface area contributed by atoms with Crippen molar-refractivity contribution in [2.24, 2.45) is 0 Å². The molecule has 0 bridgehead atoms. The molecule has 0 fully saturated rings. The summed E-state index contributed by atoms with van der Waals surface area (Å²) in [5.74, 6) is -1.18. The number of carbonyl (C=O) groups excluding carboxylic acids is 2. The third-order valence-corrected chi connectivity index (χ3v) is 3.64. The van der Waals surface area contributed by atoms with Crippen molar-refractivity contribution in [1.29, 1.82) is 0 Å². The van der Waals surface area contributed by atoms with E-state index >= 15 is 0 Å². The molecule has 0 saturated heterocycles. The Morgan fingerprint density at radius 1 is 1.21 bits per heavy atom. The summed E-state index contributed by atoms with van der Waals surface area (Å²) in [5, 5.41) is 13.7. The summed E-state index contributed by atoms with van der Waals surface area (Å²) in [7, 11) is 1.17. The van der Waals surface area contributed by atoms with Crippen LogP contribution in [0.15, 0.2) is 18.2 Å². The van der Waals surface area contributed by atoms with E-state index in [4.69, 9.17) is 0 Å². The molecule has 0 aliphatic heterocycles. The Morgan fingerprint density at radius 2 is 1.83 bits per heavy atom. The maximum Gasteiger partial charge on any atom is 0.338 e. The fourth-order valence-corrected chi connectivity index (χ4v) is 2.23. The van der Waals surface area contributed by atoms with Gasteiger partial charge in [0.2, 0.25) is 0 Å². The molecule has 0 aromatic heterocycles. The number of ether oxygens (including phenoxy) is 1. The molecule has 1 aromatic rings. The summed E-state index contributed by atoms with van der Waals surface area (Å²) in [6, 6.07) is 3.52. The maximum absolute atomic E-state index is 12.2. The van der Waals surface area contributed by atoms with Crippen molar-refractivity contribution >= 4 is 17.6 Å². The second-order valence-electron chi connectivity index (χ2n) is 5.15. The first-order valence-electron chi connectivity index (χ1n) is 7.81. The monoisotopic (exact) mass is 337 g/mol. The summed E-state index contributed by atoms with van der Waals surface area (Å²) in [6.45, 7) is 7.33. The normalized spacial score (nSPS) is 10.5. The van der Waals surface area contributed by atoms with Gasteiger partial charge in [-0.05, 0) is 32.1 Å². The van der Waals surface area contributed by atoms with Gasteiger partial charge in [0.25, 0.3) is 11.6 Å². The Bertz CT molecular complexity index is 599. The van der Waals surface area contributed by atoms with Crippen molar-refractivity contribution in [3.8, 4) is 0 Å². The van der Waals surface area contributed by atoms with E-state index in [-0.39, 0.29) is 16.8 Å². The zero-order chi connectivity index (χ0) is 18.1. The van der Waals surface area contributed by atoms with Crippen LogP contribution >= 0.6 is 0 Å². The highest BCUT2D eigenvalue weighted by Gasteiger charge is 2.18. The van der Waals surface area contributed by atoms with Crippen LogP contribution in [0, 0.1) is 10.1 Å². The third-order valence-electron chi connectivity index (χ3n) is 3.64. The van der Waals surface area contributed by atoms with Gasteiger partial charge in [-0.15, -0.1) is 0 Å². The van der Waals surface area contributed by atoms with Crippen LogP contribution < -0.4 is 5.32 Å². The van der Waals surface area contributed by atoms with E-state index in [1.165, 1.54) is 13.2 Å². The number of hydrogen-bond donors (Lipinski definition) is 1. The molecule has 0 spiro atoms. The minimum Gasteiger partial charge on any atom is -0.465 e. The molecule has 8 nitrogen and oxygen atoms in total. The standard InChI is InChI=1S/C16H23N3O5/c1-4-18(5-2)8-6-7-17-15(20)12-9-13(16(21)24-3)11-14(10-12)19(22)23/h9-11H,4-8H2,1-3H3,(H,17,20). The number of methoxy groups -OCH3 is 1. The molecule has 1 amide bonds. The van der Waals surface area contributed by atoms with Crippen LogP contribution in [0.3, 0.4) is 0 Å². The van der Waals surface area contributed by atoms with Crippen molar-refractivity contribution < 1.29 is 19.2 Å². The number of nitro benzene ring substituents is 1. The van der Waals surface area contributed by atoms with E-state index in [1.54, 1.807) is 0 Å². The summed E-state index contributed by atoms with van der Waals surface area (Å²) in [5.41, 5.74) is -0.293. The predicted molar refractivity (Wildman–Crippen MR) is 89.2 cm³/mol. The van der Waals surface area contributed by atoms with E-state index in [0.29, 0.717) is 6.54 Å². The number of carbonyl (C=O) groups is 2. The molecule has 0 unspecified atom stereocenters. The van der Waals surface area contributed by atoms with Crippen molar-refractivity contribution in [3.05, 3.63) is 39.4 Å². The number of nitrogens with one attached hydrogen (secondary N) is 1. The second kappa shape index (κ2) is 9.61. The average Bonchev–Trinajstić information content (AvgIpc) is 2.60. The van der Waals surface area contributed by atoms with Gasteiger partial charge in [0.15, 0.2) is 0 Å². The van der Waals surface area contributed by atoms with Gasteiger partial charge in [-0.1, -0.05) is 13.8 Å². The quantitative estimate of drug-likeness (QED) is 0.319. The van der Waals surface area contributed by atoms with Gasteiger partial charge in [0, 0.05) is 24.2 Å². The van der Waals surface area contributed by atoms with Gasteiger partial charge in [0.05, 0.1) is 17.6 Å². The lowest BCUT2D eigenvalue weighted by Gasteiger charge is -2.17. The number of hydrogen-bond acceptors (Lipinski definition) is 6. The molecule has 0 aliphatic rings. The lowest BCUT2D eigenvalue weighted by Crippen LogP contribution is -2.30. The smallest absolute Gasteiger partial charge is 0.338 e. The fourth-order valence-electron chi connectivity index (χ4n) is 2.23. The Labute approximate surface area is 140 Å². The highest BCUT2D eigenvalue weighted by molar-refractivity contribution is 5.98. The molecule has 0 heterocycles. The van der Waals surface area contributed by atoms with Gasteiger partial charge >= 0.3 is 5.97 Å². The Kier molecular flexibility index (Phi) is 7.84. The molecule has 0 aliphatic carbocycles. The Morgan fingerprint density at radius 3 is 2.38 bits per heavy atom. The van der Waals surface area contributed by atoms with Gasteiger partial charge < -0.3 is 15.0 Å². The largest absolute Gasteiger partial charge is 0.465 e. The molecule has 0 atom stereocenters. The SMILES string of the molecule is CCN(CC)CCCNC(=O)c1cc(C(=O)OC)cc([N+](=O)[O-])c1. The number of nitro groups is 1. The molecular weight excluding hydrogens is 314 g/mol. The summed E-state index contributed by atoms with van der Waals surface area (Å²) >= 11 is 0. The van der Waals surface area contributed by atoms with Gasteiger partial charge in [-0.25, -0.2) is 4.79 Å². The van der Waals surface area contributed by atoms with E-state index in [0.717, 1.165) is 38.2 Å². The van der Waals surface area contributed by atoms with Gasteiger partial charge in [-0.3, -0.25) is 14.9 Å². The highest BCUT2D eigenvalue weighted by Crippen LogP contribution is 2.18. The summed E-state index contributed by atoms with van der Waals surface area (Å²) in [6.07, 6.45) is 0.770. The maximum atomic E-state index is 12.2.